The molecule has 2 rings (SSSR count). The lowest BCUT2D eigenvalue weighted by atomic mass is 10.2. The number of alkyl halides is 1. The van der Waals surface area contributed by atoms with Gasteiger partial charge in [0, 0.05) is 22.2 Å². The third-order valence-corrected chi connectivity index (χ3v) is 5.86. The van der Waals surface area contributed by atoms with Crippen LogP contribution in [0.5, 0.6) is 0 Å². The van der Waals surface area contributed by atoms with E-state index in [9.17, 15) is 8.42 Å². The van der Waals surface area contributed by atoms with Crippen molar-refractivity contribution in [2.45, 2.75) is 18.2 Å². The monoisotopic (exact) mass is 394 g/mol. The molecule has 0 saturated heterocycles. The van der Waals surface area contributed by atoms with Crippen molar-refractivity contribution in [3.05, 3.63) is 39.9 Å². The second-order valence-corrected chi connectivity index (χ2v) is 7.76. The first-order valence-corrected chi connectivity index (χ1v) is 9.58. The Bertz CT molecular complexity index is 716. The Morgan fingerprint density at radius 3 is 2.90 bits per heavy atom. The first kappa shape index (κ1) is 15.8. The Morgan fingerprint density at radius 1 is 1.45 bits per heavy atom. The van der Waals surface area contributed by atoms with E-state index in [2.05, 4.69) is 25.6 Å². The van der Waals surface area contributed by atoms with Crippen LogP contribution in [0.1, 0.15) is 11.3 Å². The SMILES string of the molecule is Cc1c(Cl)cccc1S(=O)(=O)Nc1nc(CCBr)cs1. The zero-order valence-corrected chi connectivity index (χ0v) is 14.5. The summed E-state index contributed by atoms with van der Waals surface area (Å²) in [6, 6.07) is 4.80. The van der Waals surface area contributed by atoms with E-state index < -0.39 is 10.0 Å². The van der Waals surface area contributed by atoms with Crippen molar-refractivity contribution in [1.82, 2.24) is 4.98 Å². The number of hydrogen-bond donors (Lipinski definition) is 1. The predicted octanol–water partition coefficient (Wildman–Crippen LogP) is 3.84. The van der Waals surface area contributed by atoms with Crippen molar-refractivity contribution in [3.63, 3.8) is 0 Å². The first-order valence-electron chi connectivity index (χ1n) is 5.72. The highest BCUT2D eigenvalue weighted by atomic mass is 79.9. The maximum absolute atomic E-state index is 12.3. The summed E-state index contributed by atoms with van der Waals surface area (Å²) in [5.41, 5.74) is 1.38. The molecule has 0 aliphatic rings. The van der Waals surface area contributed by atoms with Crippen LogP contribution in [0.25, 0.3) is 0 Å². The van der Waals surface area contributed by atoms with Crippen LogP contribution in [0, 0.1) is 6.92 Å². The van der Waals surface area contributed by atoms with E-state index in [4.69, 9.17) is 11.6 Å². The molecule has 8 heteroatoms. The maximum atomic E-state index is 12.3. The fourth-order valence-corrected chi connectivity index (χ4v) is 4.52. The van der Waals surface area contributed by atoms with Gasteiger partial charge >= 0.3 is 0 Å². The Hall–Kier alpha value is -0.630. The molecule has 1 N–H and O–H groups in total. The predicted molar refractivity (Wildman–Crippen MR) is 86.6 cm³/mol. The van der Waals surface area contributed by atoms with Crippen molar-refractivity contribution in [2.24, 2.45) is 0 Å². The number of halogens is 2. The van der Waals surface area contributed by atoms with Gasteiger partial charge in [-0.25, -0.2) is 13.4 Å². The molecule has 2 aromatic rings. The Morgan fingerprint density at radius 2 is 2.20 bits per heavy atom. The van der Waals surface area contributed by atoms with Gasteiger partial charge in [-0.1, -0.05) is 33.6 Å². The van der Waals surface area contributed by atoms with Gasteiger partial charge < -0.3 is 0 Å². The molecule has 0 atom stereocenters. The molecule has 0 spiro atoms. The van der Waals surface area contributed by atoms with Crippen LogP contribution in [-0.4, -0.2) is 18.7 Å². The first-order chi connectivity index (χ1) is 9.44. The van der Waals surface area contributed by atoms with Gasteiger partial charge in [0.2, 0.25) is 0 Å². The van der Waals surface area contributed by atoms with E-state index in [1.54, 1.807) is 19.1 Å². The number of aryl methyl sites for hydroxylation is 1. The highest BCUT2D eigenvalue weighted by molar-refractivity contribution is 9.09. The summed E-state index contributed by atoms with van der Waals surface area (Å²) in [6.07, 6.45) is 0.758. The summed E-state index contributed by atoms with van der Waals surface area (Å²) in [6.45, 7) is 1.68. The van der Waals surface area contributed by atoms with Crippen molar-refractivity contribution < 1.29 is 8.42 Å². The molecule has 20 heavy (non-hydrogen) atoms. The smallest absolute Gasteiger partial charge is 0.255 e. The minimum absolute atomic E-state index is 0.169. The molecule has 0 aliphatic heterocycles. The number of nitrogens with zero attached hydrogens (tertiary/aromatic N) is 1. The summed E-state index contributed by atoms with van der Waals surface area (Å²) < 4.78 is 27.1. The fraction of sp³-hybridized carbons (Fsp3) is 0.250. The van der Waals surface area contributed by atoms with E-state index >= 15 is 0 Å². The number of aromatic nitrogens is 1. The number of rotatable bonds is 5. The molecule has 0 bridgehead atoms. The second kappa shape index (κ2) is 6.43. The van der Waals surface area contributed by atoms with Crippen LogP contribution in [-0.2, 0) is 16.4 Å². The third kappa shape index (κ3) is 3.52. The molecular formula is C12H12BrClN2O2S2. The molecule has 0 amide bonds. The largest absolute Gasteiger partial charge is 0.263 e. The highest BCUT2D eigenvalue weighted by Gasteiger charge is 2.19. The van der Waals surface area contributed by atoms with Crippen LogP contribution in [0.15, 0.2) is 28.5 Å². The number of thiazole rings is 1. The number of sulfonamides is 1. The van der Waals surface area contributed by atoms with Crippen LogP contribution >= 0.6 is 38.9 Å². The molecule has 0 radical (unpaired) electrons. The zero-order valence-electron chi connectivity index (χ0n) is 10.6. The molecular weight excluding hydrogens is 384 g/mol. The Kier molecular flexibility index (Phi) is 5.06. The van der Waals surface area contributed by atoms with Gasteiger partial charge in [0.15, 0.2) is 5.13 Å². The molecule has 1 heterocycles. The second-order valence-electron chi connectivity index (χ2n) is 4.05. The van der Waals surface area contributed by atoms with E-state index in [0.717, 1.165) is 17.4 Å². The average Bonchev–Trinajstić information content (AvgIpc) is 2.79. The standard InChI is InChI=1S/C12H12BrClN2O2S2/c1-8-10(14)3-2-4-11(8)20(17,18)16-12-15-9(5-6-13)7-19-12/h2-4,7H,5-6H2,1H3,(H,15,16). The number of anilines is 1. The number of benzene rings is 1. The minimum atomic E-state index is -3.67. The fourth-order valence-electron chi connectivity index (χ4n) is 1.61. The van der Waals surface area contributed by atoms with Crippen LogP contribution < -0.4 is 4.72 Å². The lowest BCUT2D eigenvalue weighted by molar-refractivity contribution is 0.600. The third-order valence-electron chi connectivity index (χ3n) is 2.63. The van der Waals surface area contributed by atoms with Crippen molar-refractivity contribution >= 4 is 54.0 Å². The van der Waals surface area contributed by atoms with Crippen LogP contribution in [0.4, 0.5) is 5.13 Å². The molecule has 0 unspecified atom stereocenters. The lowest BCUT2D eigenvalue weighted by Gasteiger charge is -2.09. The zero-order chi connectivity index (χ0) is 14.8. The number of hydrogen-bond acceptors (Lipinski definition) is 4. The van der Waals surface area contributed by atoms with Gasteiger partial charge in [-0.15, -0.1) is 11.3 Å². The van der Waals surface area contributed by atoms with Crippen molar-refractivity contribution in [2.75, 3.05) is 10.1 Å². The molecule has 1 aromatic heterocycles. The summed E-state index contributed by atoms with van der Waals surface area (Å²) in [7, 11) is -3.67. The molecule has 108 valence electrons. The van der Waals surface area contributed by atoms with Gasteiger partial charge in [0.1, 0.15) is 0 Å². The Balaban J connectivity index is 2.28. The maximum Gasteiger partial charge on any atom is 0.263 e. The summed E-state index contributed by atoms with van der Waals surface area (Å²) in [5, 5.41) is 3.41. The molecule has 0 saturated carbocycles. The lowest BCUT2D eigenvalue weighted by Crippen LogP contribution is -2.14. The van der Waals surface area contributed by atoms with E-state index in [-0.39, 0.29) is 4.90 Å². The van der Waals surface area contributed by atoms with Gasteiger partial charge in [0.05, 0.1) is 10.6 Å². The van der Waals surface area contributed by atoms with E-state index in [1.807, 2.05) is 5.38 Å². The molecule has 0 fully saturated rings. The van der Waals surface area contributed by atoms with Gasteiger partial charge in [-0.2, -0.15) is 0 Å². The molecule has 4 nitrogen and oxygen atoms in total. The quantitative estimate of drug-likeness (QED) is 0.782. The van der Waals surface area contributed by atoms with E-state index in [1.165, 1.54) is 17.4 Å². The van der Waals surface area contributed by atoms with Crippen LogP contribution in [0.2, 0.25) is 5.02 Å². The van der Waals surface area contributed by atoms with Gasteiger partial charge in [-0.05, 0) is 24.6 Å². The van der Waals surface area contributed by atoms with Crippen LogP contribution in [0.3, 0.4) is 0 Å². The summed E-state index contributed by atoms with van der Waals surface area (Å²) >= 11 is 10.5. The van der Waals surface area contributed by atoms with Gasteiger partial charge in [-0.3, -0.25) is 4.72 Å². The molecule has 1 aromatic carbocycles. The van der Waals surface area contributed by atoms with Gasteiger partial charge in [0.25, 0.3) is 10.0 Å². The Labute approximate surface area is 135 Å². The van der Waals surface area contributed by atoms with E-state index in [0.29, 0.717) is 15.7 Å². The normalized spacial score (nSPS) is 11.6. The van der Waals surface area contributed by atoms with Crippen molar-refractivity contribution in [3.8, 4) is 0 Å². The van der Waals surface area contributed by atoms with Crippen molar-refractivity contribution in [1.29, 1.82) is 0 Å². The summed E-state index contributed by atoms with van der Waals surface area (Å²) in [4.78, 5) is 4.40. The summed E-state index contributed by atoms with van der Waals surface area (Å²) in [5.74, 6) is 0. The molecule has 0 aliphatic carbocycles. The average molecular weight is 396 g/mol. The highest BCUT2D eigenvalue weighted by Crippen LogP contribution is 2.26. The number of nitrogens with one attached hydrogen (secondary N) is 1. The minimum Gasteiger partial charge on any atom is -0.255 e. The topological polar surface area (TPSA) is 59.1 Å².